The minimum atomic E-state index is -0.469. The molecule has 1 aliphatic rings. The van der Waals surface area contributed by atoms with Crippen LogP contribution < -0.4 is 5.32 Å². The van der Waals surface area contributed by atoms with E-state index in [-0.39, 0.29) is 11.4 Å². The van der Waals surface area contributed by atoms with Gasteiger partial charge < -0.3 is 15.0 Å². The Kier molecular flexibility index (Phi) is 6.67. The van der Waals surface area contributed by atoms with E-state index in [0.29, 0.717) is 12.6 Å². The Morgan fingerprint density at radius 2 is 2.05 bits per heavy atom. The normalized spacial score (nSPS) is 26.3. The molecule has 0 saturated heterocycles. The summed E-state index contributed by atoms with van der Waals surface area (Å²) in [6.45, 7) is 13.1. The van der Waals surface area contributed by atoms with Crippen molar-refractivity contribution in [3.8, 4) is 0 Å². The van der Waals surface area contributed by atoms with E-state index >= 15 is 0 Å². The quantitative estimate of drug-likeness (QED) is 0.734. The lowest BCUT2D eigenvalue weighted by molar-refractivity contribution is -0.151. The summed E-state index contributed by atoms with van der Waals surface area (Å²) >= 11 is 0. The molecular formula is C17H34N2O2. The minimum Gasteiger partial charge on any atom is -0.465 e. The van der Waals surface area contributed by atoms with E-state index in [2.05, 4.69) is 45.0 Å². The van der Waals surface area contributed by atoms with Crippen molar-refractivity contribution in [2.75, 3.05) is 26.7 Å². The Balaban J connectivity index is 2.73. The third-order valence-electron chi connectivity index (χ3n) is 4.22. The number of carbonyl (C=O) groups excluding carboxylic acids is 1. The van der Waals surface area contributed by atoms with Crippen LogP contribution in [-0.4, -0.2) is 49.2 Å². The van der Waals surface area contributed by atoms with Gasteiger partial charge >= 0.3 is 5.97 Å². The van der Waals surface area contributed by atoms with Crippen LogP contribution in [0, 0.1) is 5.41 Å². The number of nitrogens with one attached hydrogen (secondary N) is 1. The van der Waals surface area contributed by atoms with E-state index in [1.807, 2.05) is 6.92 Å². The lowest BCUT2D eigenvalue weighted by Crippen LogP contribution is -2.52. The zero-order valence-corrected chi connectivity index (χ0v) is 14.8. The Morgan fingerprint density at radius 3 is 2.57 bits per heavy atom. The first-order valence-corrected chi connectivity index (χ1v) is 8.36. The lowest BCUT2D eigenvalue weighted by atomic mass is 9.94. The zero-order valence-electron chi connectivity index (χ0n) is 14.8. The molecule has 0 amide bonds. The first kappa shape index (κ1) is 18.4. The second-order valence-corrected chi connectivity index (χ2v) is 7.60. The fourth-order valence-corrected chi connectivity index (χ4v) is 3.32. The molecule has 1 fully saturated rings. The maximum Gasteiger partial charge on any atom is 0.326 e. The van der Waals surface area contributed by atoms with Crippen molar-refractivity contribution >= 4 is 5.97 Å². The maximum absolute atomic E-state index is 12.4. The van der Waals surface area contributed by atoms with Crippen molar-refractivity contribution < 1.29 is 9.53 Å². The molecule has 1 aliphatic carbocycles. The number of esters is 1. The second kappa shape index (κ2) is 7.59. The van der Waals surface area contributed by atoms with E-state index in [4.69, 9.17) is 4.74 Å². The summed E-state index contributed by atoms with van der Waals surface area (Å²) in [5, 5.41) is 3.48. The van der Waals surface area contributed by atoms with Gasteiger partial charge in [0.25, 0.3) is 0 Å². The highest BCUT2D eigenvalue weighted by molar-refractivity contribution is 5.81. The zero-order chi connectivity index (χ0) is 16.1. The summed E-state index contributed by atoms with van der Waals surface area (Å²) in [7, 11) is 2.18. The van der Waals surface area contributed by atoms with Crippen LogP contribution in [0.2, 0.25) is 0 Å². The van der Waals surface area contributed by atoms with E-state index < -0.39 is 5.54 Å². The van der Waals surface area contributed by atoms with Crippen LogP contribution in [0.5, 0.6) is 0 Å². The molecule has 2 unspecified atom stereocenters. The molecule has 1 rings (SSSR count). The van der Waals surface area contributed by atoms with Gasteiger partial charge in [-0.1, -0.05) is 27.7 Å². The van der Waals surface area contributed by atoms with Crippen LogP contribution in [0.3, 0.4) is 0 Å². The first-order valence-electron chi connectivity index (χ1n) is 8.36. The SMILES string of the molecule is CCCNC1(C(=O)OCC)CCC(N(C)CC(C)(C)C)C1. The highest BCUT2D eigenvalue weighted by atomic mass is 16.5. The van der Waals surface area contributed by atoms with Crippen LogP contribution in [0.4, 0.5) is 0 Å². The van der Waals surface area contributed by atoms with Gasteiger partial charge in [-0.05, 0) is 51.6 Å². The molecule has 0 aromatic rings. The molecule has 0 spiro atoms. The van der Waals surface area contributed by atoms with E-state index in [1.54, 1.807) is 0 Å². The molecule has 1 N–H and O–H groups in total. The Labute approximate surface area is 130 Å². The van der Waals surface area contributed by atoms with Crippen LogP contribution in [0.1, 0.15) is 60.3 Å². The molecule has 124 valence electrons. The van der Waals surface area contributed by atoms with Crippen molar-refractivity contribution in [1.82, 2.24) is 10.2 Å². The topological polar surface area (TPSA) is 41.6 Å². The third kappa shape index (κ3) is 5.26. The molecular weight excluding hydrogens is 264 g/mol. The van der Waals surface area contributed by atoms with Gasteiger partial charge in [0, 0.05) is 12.6 Å². The number of rotatable bonds is 7. The van der Waals surface area contributed by atoms with Gasteiger partial charge in [0.15, 0.2) is 0 Å². The fraction of sp³-hybridized carbons (Fsp3) is 0.941. The Bertz CT molecular complexity index is 338. The molecule has 1 saturated carbocycles. The third-order valence-corrected chi connectivity index (χ3v) is 4.22. The molecule has 4 nitrogen and oxygen atoms in total. The van der Waals surface area contributed by atoms with Crippen molar-refractivity contribution in [3.63, 3.8) is 0 Å². The summed E-state index contributed by atoms with van der Waals surface area (Å²) in [6.07, 6.45) is 3.83. The van der Waals surface area contributed by atoms with Gasteiger partial charge in [-0.3, -0.25) is 4.79 Å². The van der Waals surface area contributed by atoms with Crippen LogP contribution in [0.25, 0.3) is 0 Å². The highest BCUT2D eigenvalue weighted by Gasteiger charge is 2.47. The largest absolute Gasteiger partial charge is 0.465 e. The van der Waals surface area contributed by atoms with E-state index in [1.165, 1.54) is 0 Å². The lowest BCUT2D eigenvalue weighted by Gasteiger charge is -2.33. The van der Waals surface area contributed by atoms with Gasteiger partial charge in [0.2, 0.25) is 0 Å². The van der Waals surface area contributed by atoms with E-state index in [9.17, 15) is 4.79 Å². The second-order valence-electron chi connectivity index (χ2n) is 7.60. The number of ether oxygens (including phenoxy) is 1. The number of hydrogen-bond acceptors (Lipinski definition) is 4. The average molecular weight is 298 g/mol. The summed E-state index contributed by atoms with van der Waals surface area (Å²) in [5.41, 5.74) is -0.191. The molecule has 0 heterocycles. The molecule has 0 bridgehead atoms. The predicted molar refractivity (Wildman–Crippen MR) is 87.4 cm³/mol. The molecule has 4 heteroatoms. The smallest absolute Gasteiger partial charge is 0.326 e. The highest BCUT2D eigenvalue weighted by Crippen LogP contribution is 2.35. The van der Waals surface area contributed by atoms with Gasteiger partial charge in [-0.15, -0.1) is 0 Å². The molecule has 0 aliphatic heterocycles. The van der Waals surface area contributed by atoms with Crippen LogP contribution >= 0.6 is 0 Å². The fourth-order valence-electron chi connectivity index (χ4n) is 3.32. The monoisotopic (exact) mass is 298 g/mol. The maximum atomic E-state index is 12.4. The molecule has 0 radical (unpaired) electrons. The van der Waals surface area contributed by atoms with E-state index in [0.717, 1.165) is 38.8 Å². The molecule has 2 atom stereocenters. The minimum absolute atomic E-state index is 0.0647. The predicted octanol–water partition coefficient (Wildman–Crippen LogP) is 2.82. The van der Waals surface area contributed by atoms with Crippen molar-refractivity contribution in [3.05, 3.63) is 0 Å². The Hall–Kier alpha value is -0.610. The molecule has 0 aromatic carbocycles. The summed E-state index contributed by atoms with van der Waals surface area (Å²) in [6, 6.07) is 0.456. The molecule has 0 aromatic heterocycles. The molecule has 21 heavy (non-hydrogen) atoms. The standard InChI is InChI=1S/C17H34N2O2/c1-7-11-18-17(15(20)21-8-2)10-9-14(12-17)19(6)13-16(3,4)5/h14,18H,7-13H2,1-6H3. The number of carbonyl (C=O) groups is 1. The van der Waals surface area contributed by atoms with Gasteiger partial charge in [-0.2, -0.15) is 0 Å². The summed E-state index contributed by atoms with van der Waals surface area (Å²) < 4.78 is 5.34. The summed E-state index contributed by atoms with van der Waals surface area (Å²) in [4.78, 5) is 14.8. The van der Waals surface area contributed by atoms with Gasteiger partial charge in [-0.25, -0.2) is 0 Å². The van der Waals surface area contributed by atoms with Crippen LogP contribution in [0.15, 0.2) is 0 Å². The van der Waals surface area contributed by atoms with Crippen molar-refractivity contribution in [2.45, 2.75) is 71.9 Å². The van der Waals surface area contributed by atoms with Gasteiger partial charge in [0.1, 0.15) is 5.54 Å². The van der Waals surface area contributed by atoms with Crippen LogP contribution in [-0.2, 0) is 9.53 Å². The summed E-state index contributed by atoms with van der Waals surface area (Å²) in [5.74, 6) is -0.0647. The van der Waals surface area contributed by atoms with Crippen molar-refractivity contribution in [2.24, 2.45) is 5.41 Å². The van der Waals surface area contributed by atoms with Gasteiger partial charge in [0.05, 0.1) is 6.61 Å². The number of nitrogens with zero attached hydrogens (tertiary/aromatic N) is 1. The number of hydrogen-bond donors (Lipinski definition) is 1. The first-order chi connectivity index (χ1) is 9.74. The average Bonchev–Trinajstić information content (AvgIpc) is 2.80. The Morgan fingerprint density at radius 1 is 1.38 bits per heavy atom. The van der Waals surface area contributed by atoms with Crippen molar-refractivity contribution in [1.29, 1.82) is 0 Å².